The lowest BCUT2D eigenvalue weighted by atomic mass is 9.89. The number of nitrogens with two attached hydrogens (primary N) is 1. The molecule has 15 rings (SSSR count). The number of aliphatic hydroxyl groups excluding tert-OH is 7. The van der Waals surface area contributed by atoms with E-state index >= 15 is 24.0 Å². The van der Waals surface area contributed by atoms with Gasteiger partial charge in [-0.05, 0) is 112 Å². The largest absolute Gasteiger partial charge is 0.508 e. The van der Waals surface area contributed by atoms with Gasteiger partial charge in [-0.15, -0.1) is 0 Å². The van der Waals surface area contributed by atoms with Gasteiger partial charge >= 0.3 is 5.97 Å². The Hall–Kier alpha value is -11.4. The standard InChI is InChI=1S/C72H68Cl2N8O28/c1-24(85)76-55-60(93)58(91)47(22-83)108-71(55)110-63-28-5-9-42(37(74)15-28)106-46-18-30-17-45(57(46)90)105-41-8-2-25(10-36(41)73)11-38-64(96)78-52(29-12-31(86)19-33(13-29)104-43-16-26(3-7-40(43)89)50(75)65(97)77-38)67(99)80-53(30)68(100)79-51-27-4-6-39(88)34(14-27)49-35(54(70(102)103)81-69(101)56(63)82-66(51)98)20-32(87)21-44(49)107-72-62(95)61(94)59(92)48(23-84)109-72/h2-10,12-21,38,47-48,50-56,58-63,71-72,83-84,86-95H,11,22-23,75H2,1H3,(H,76,85)(H,77,97)(H,78,96)(H,79,100)(H,80,99)(H,81,101)(H,82,98)(H,102,103)/t38?,47-,48-,50+,51-,52?,53?,54+,55-,56+,58-,59-,60-,61+,62+,63-,71+,72+/m1/s1. The van der Waals surface area contributed by atoms with Crippen LogP contribution in [0.2, 0.25) is 10.0 Å². The number of carboxylic acids is 1. The summed E-state index contributed by atoms with van der Waals surface area (Å²) in [5.41, 5.74) is 3.25. The quantitative estimate of drug-likeness (QED) is 0.0980. The van der Waals surface area contributed by atoms with Gasteiger partial charge in [0, 0.05) is 42.2 Å². The van der Waals surface area contributed by atoms with Crippen LogP contribution in [0.5, 0.6) is 69.0 Å². The second kappa shape index (κ2) is 31.0. The van der Waals surface area contributed by atoms with E-state index in [1.165, 1.54) is 30.3 Å². The number of fused-ring (bicyclic) bond motifs is 14. The number of carboxylic acid groups (broad SMARTS) is 1. The minimum atomic E-state index is -2.51. The van der Waals surface area contributed by atoms with E-state index in [9.17, 15) is 80.8 Å². The van der Waals surface area contributed by atoms with Gasteiger partial charge in [0.2, 0.25) is 53.4 Å². The van der Waals surface area contributed by atoms with Crippen LogP contribution in [-0.2, 0) is 59.0 Å². The second-order valence-corrected chi connectivity index (χ2v) is 27.3. The molecule has 0 aliphatic carbocycles. The Bertz CT molecular complexity index is 4880. The summed E-state index contributed by atoms with van der Waals surface area (Å²) in [6.07, 6.45) is -20.7. The Morgan fingerprint density at radius 3 is 1.75 bits per heavy atom. The van der Waals surface area contributed by atoms with E-state index in [0.29, 0.717) is 0 Å². The number of carbonyl (C=O) groups excluding carboxylic acids is 7. The van der Waals surface area contributed by atoms with Crippen LogP contribution in [0.3, 0.4) is 0 Å². The topological polar surface area (TPSA) is 574 Å². The first kappa shape index (κ1) is 76.8. The smallest absolute Gasteiger partial charge is 0.330 e. The Morgan fingerprint density at radius 1 is 0.536 bits per heavy atom. The number of benzene rings is 7. The monoisotopic (exact) mass is 1560 g/mol. The number of amides is 7. The van der Waals surface area contributed by atoms with E-state index in [1.54, 1.807) is 0 Å². The number of aliphatic hydroxyl groups is 7. The van der Waals surface area contributed by atoms with Crippen LogP contribution in [-0.4, -0.2) is 200 Å². The van der Waals surface area contributed by atoms with Crippen LogP contribution in [0, 0.1) is 0 Å². The zero-order valence-corrected chi connectivity index (χ0v) is 58.3. The first-order valence-electron chi connectivity index (χ1n) is 33.5. The van der Waals surface area contributed by atoms with Crippen molar-refractivity contribution in [3.63, 3.8) is 0 Å². The third-order valence-electron chi connectivity index (χ3n) is 19.0. The Labute approximate surface area is 629 Å². The number of halogens is 2. The van der Waals surface area contributed by atoms with E-state index in [0.717, 1.165) is 91.9 Å². The fourth-order valence-corrected chi connectivity index (χ4v) is 13.9. The highest BCUT2D eigenvalue weighted by Crippen LogP contribution is 2.50. The fraction of sp³-hybridized carbons (Fsp3) is 0.306. The van der Waals surface area contributed by atoms with E-state index in [2.05, 4.69) is 37.2 Å². The van der Waals surface area contributed by atoms with Gasteiger partial charge in [-0.3, -0.25) is 33.6 Å². The fourth-order valence-electron chi connectivity index (χ4n) is 13.5. The molecule has 36 nitrogen and oxygen atoms in total. The molecular weight excluding hydrogens is 1500 g/mol. The molecule has 18 atom stereocenters. The number of ether oxygens (including phenoxy) is 7. The van der Waals surface area contributed by atoms with Crippen molar-refractivity contribution in [1.82, 2.24) is 37.2 Å². The van der Waals surface area contributed by atoms with Gasteiger partial charge in [0.25, 0.3) is 0 Å². The van der Waals surface area contributed by atoms with Crippen LogP contribution < -0.4 is 61.9 Å². The van der Waals surface area contributed by atoms with Gasteiger partial charge < -0.3 is 142 Å². The van der Waals surface area contributed by atoms with Gasteiger partial charge in [-0.1, -0.05) is 47.5 Å². The van der Waals surface area contributed by atoms with Gasteiger partial charge in [-0.2, -0.15) is 0 Å². The molecule has 110 heavy (non-hydrogen) atoms. The normalized spacial score (nSPS) is 28.1. The molecule has 3 unspecified atom stereocenters. The number of nitrogens with one attached hydrogen (secondary N) is 7. The summed E-state index contributed by atoms with van der Waals surface area (Å²) >= 11 is 14.1. The van der Waals surface area contributed by atoms with Crippen molar-refractivity contribution in [2.45, 2.75) is 123 Å². The van der Waals surface area contributed by atoms with Crippen molar-refractivity contribution < 1.29 is 138 Å². The molecule has 7 aromatic carbocycles. The maximum absolute atomic E-state index is 16.4. The van der Waals surface area contributed by atoms with E-state index in [1.807, 2.05) is 0 Å². The van der Waals surface area contributed by atoms with Crippen molar-refractivity contribution in [2.24, 2.45) is 5.73 Å². The van der Waals surface area contributed by atoms with Crippen molar-refractivity contribution in [2.75, 3.05) is 13.2 Å². The number of phenols is 5. The summed E-state index contributed by atoms with van der Waals surface area (Å²) in [6, 6.07) is 3.70. The van der Waals surface area contributed by atoms with E-state index < -0.39 is 261 Å². The molecule has 22 N–H and O–H groups in total. The van der Waals surface area contributed by atoms with Crippen molar-refractivity contribution in [1.29, 1.82) is 0 Å². The molecule has 2 fully saturated rings. The highest BCUT2D eigenvalue weighted by molar-refractivity contribution is 6.32. The molecule has 578 valence electrons. The first-order chi connectivity index (χ1) is 52.3. The second-order valence-electron chi connectivity index (χ2n) is 26.4. The van der Waals surface area contributed by atoms with Crippen LogP contribution in [0.25, 0.3) is 11.1 Å². The maximum Gasteiger partial charge on any atom is 0.330 e. The first-order valence-corrected chi connectivity index (χ1v) is 34.3. The zero-order chi connectivity index (χ0) is 78.7. The summed E-state index contributed by atoms with van der Waals surface area (Å²) in [6.45, 7) is -1.05. The maximum atomic E-state index is 16.4. The number of hydrogen-bond acceptors (Lipinski definition) is 28. The number of carbonyl (C=O) groups is 8. The van der Waals surface area contributed by atoms with Crippen molar-refractivity contribution in [3.8, 4) is 80.1 Å². The van der Waals surface area contributed by atoms with Crippen LogP contribution in [0.4, 0.5) is 0 Å². The molecule has 8 aliphatic heterocycles. The summed E-state index contributed by atoms with van der Waals surface area (Å²) in [4.78, 5) is 121. The number of rotatable bonds is 8. The summed E-state index contributed by atoms with van der Waals surface area (Å²) in [7, 11) is 0. The molecule has 2 saturated heterocycles. The third kappa shape index (κ3) is 15.3. The van der Waals surface area contributed by atoms with Crippen molar-refractivity contribution in [3.05, 3.63) is 164 Å². The molecule has 8 aliphatic rings. The van der Waals surface area contributed by atoms with Gasteiger partial charge in [0.1, 0.15) is 131 Å². The molecule has 0 aromatic heterocycles. The minimum Gasteiger partial charge on any atom is -0.508 e. The third-order valence-corrected chi connectivity index (χ3v) is 19.6. The number of aromatic hydroxyl groups is 5. The molecule has 0 spiro atoms. The molecule has 38 heteroatoms. The lowest BCUT2D eigenvalue weighted by molar-refractivity contribution is -0.284. The highest BCUT2D eigenvalue weighted by atomic mass is 35.5. The molecule has 0 radical (unpaired) electrons. The van der Waals surface area contributed by atoms with Crippen LogP contribution >= 0.6 is 23.2 Å². The Morgan fingerprint density at radius 2 is 1.11 bits per heavy atom. The minimum absolute atomic E-state index is 0.0678. The van der Waals surface area contributed by atoms with Gasteiger partial charge in [0.05, 0.1) is 23.3 Å². The molecule has 7 amide bonds. The SMILES string of the molecule is CC(=O)N[C@H]1[C@H](O[C@@H]2c3ccc(c(Cl)c3)Oc3cc4cc(c3O)Oc3ccc(cc3Cl)CC3NC(=O)[C@@H](N)c5ccc(O)c(c5)Oc5cc(O)cc(c5)C(NC3=O)C(=O)NC4C(=O)N[C@H]3C(=O)N[C@@H]2C(=O)N[C@H](C(=O)O)c2cc(O)cc(O[C@H]4O[C@H](CO)[C@@H](O)[C@H](O)[C@@H]4O)c2-c2cc3ccc2O)O[C@H](CO)[C@@H](O)[C@@H]1O. The highest BCUT2D eigenvalue weighted by Gasteiger charge is 2.50. The van der Waals surface area contributed by atoms with E-state index in [-0.39, 0.29) is 44.5 Å². The average Bonchev–Trinajstić information content (AvgIpc) is 0.766. The van der Waals surface area contributed by atoms with Crippen LogP contribution in [0.1, 0.15) is 82.2 Å². The predicted octanol–water partition coefficient (Wildman–Crippen LogP) is 0.426. The number of phenolic OH excluding ortho intramolecular Hbond substituents is 5. The number of hydrogen-bond donors (Lipinski definition) is 21. The van der Waals surface area contributed by atoms with Gasteiger partial charge in [0.15, 0.2) is 35.3 Å². The van der Waals surface area contributed by atoms with Crippen LogP contribution in [0.15, 0.2) is 115 Å². The van der Waals surface area contributed by atoms with Crippen molar-refractivity contribution >= 4 is 70.5 Å². The molecule has 8 heterocycles. The Kier molecular flexibility index (Phi) is 21.6. The Balaban J connectivity index is 1.05. The predicted molar refractivity (Wildman–Crippen MR) is 372 cm³/mol. The molecular formula is C72H68Cl2N8O28. The summed E-state index contributed by atoms with van der Waals surface area (Å²) in [5, 5.41) is 163. The molecule has 7 aromatic rings. The van der Waals surface area contributed by atoms with E-state index in [4.69, 9.17) is 62.1 Å². The molecule has 17 bridgehead atoms. The summed E-state index contributed by atoms with van der Waals surface area (Å²) in [5.74, 6) is -18.0. The molecule has 0 saturated carbocycles. The van der Waals surface area contributed by atoms with Gasteiger partial charge in [-0.25, -0.2) is 4.79 Å². The lowest BCUT2D eigenvalue weighted by Crippen LogP contribution is -2.65. The average molecular weight is 1560 g/mol. The zero-order valence-electron chi connectivity index (χ0n) is 56.8. The number of aliphatic carboxylic acids is 1. The lowest BCUT2D eigenvalue weighted by Gasteiger charge is -2.44. The summed E-state index contributed by atoms with van der Waals surface area (Å²) < 4.78 is 43.0.